The first-order chi connectivity index (χ1) is 12.1. The molecule has 130 valence electrons. The van der Waals surface area contributed by atoms with Gasteiger partial charge in [-0.3, -0.25) is 9.59 Å². The van der Waals surface area contributed by atoms with Gasteiger partial charge >= 0.3 is 0 Å². The SMILES string of the molecule is CC(CNC(=O)CN1CCSC1=O)(c1ccccc1)c1ccccc1. The Morgan fingerprint density at radius 3 is 2.12 bits per heavy atom. The van der Waals surface area contributed by atoms with Crippen LogP contribution in [-0.4, -0.2) is 41.4 Å². The van der Waals surface area contributed by atoms with Gasteiger partial charge < -0.3 is 10.2 Å². The number of rotatable bonds is 6. The molecule has 0 bridgehead atoms. The summed E-state index contributed by atoms with van der Waals surface area (Å²) in [4.78, 5) is 25.6. The zero-order valence-corrected chi connectivity index (χ0v) is 15.1. The van der Waals surface area contributed by atoms with Crippen molar-refractivity contribution in [1.29, 1.82) is 0 Å². The van der Waals surface area contributed by atoms with Gasteiger partial charge in [0.1, 0.15) is 6.54 Å². The summed E-state index contributed by atoms with van der Waals surface area (Å²) < 4.78 is 0. The van der Waals surface area contributed by atoms with Crippen LogP contribution in [-0.2, 0) is 10.2 Å². The van der Waals surface area contributed by atoms with Crippen LogP contribution in [0.2, 0.25) is 0 Å². The van der Waals surface area contributed by atoms with Crippen LogP contribution in [0, 0.1) is 0 Å². The zero-order chi connectivity index (χ0) is 17.7. The lowest BCUT2D eigenvalue weighted by molar-refractivity contribution is -0.121. The van der Waals surface area contributed by atoms with Gasteiger partial charge in [-0.2, -0.15) is 0 Å². The summed E-state index contributed by atoms with van der Waals surface area (Å²) in [6.45, 7) is 3.39. The lowest BCUT2D eigenvalue weighted by atomic mass is 9.76. The average Bonchev–Trinajstić information content (AvgIpc) is 3.06. The molecule has 0 atom stereocenters. The van der Waals surface area contributed by atoms with Crippen molar-refractivity contribution in [3.05, 3.63) is 71.8 Å². The Morgan fingerprint density at radius 1 is 1.08 bits per heavy atom. The smallest absolute Gasteiger partial charge is 0.282 e. The summed E-state index contributed by atoms with van der Waals surface area (Å²) >= 11 is 1.27. The highest BCUT2D eigenvalue weighted by atomic mass is 32.2. The number of benzene rings is 2. The molecule has 2 amide bonds. The van der Waals surface area contributed by atoms with Crippen LogP contribution in [0.25, 0.3) is 0 Å². The van der Waals surface area contributed by atoms with Crippen molar-refractivity contribution in [3.8, 4) is 0 Å². The van der Waals surface area contributed by atoms with E-state index >= 15 is 0 Å². The van der Waals surface area contributed by atoms with Crippen LogP contribution in [0.3, 0.4) is 0 Å². The monoisotopic (exact) mass is 354 g/mol. The molecule has 0 aromatic heterocycles. The van der Waals surface area contributed by atoms with Gasteiger partial charge in [-0.25, -0.2) is 0 Å². The summed E-state index contributed by atoms with van der Waals surface area (Å²) in [6, 6.07) is 20.4. The fraction of sp³-hybridized carbons (Fsp3) is 0.300. The lowest BCUT2D eigenvalue weighted by Gasteiger charge is -2.31. The van der Waals surface area contributed by atoms with Crippen LogP contribution in [0.15, 0.2) is 60.7 Å². The molecule has 4 nitrogen and oxygen atoms in total. The molecule has 1 fully saturated rings. The van der Waals surface area contributed by atoms with Crippen LogP contribution in [0.1, 0.15) is 18.1 Å². The molecule has 25 heavy (non-hydrogen) atoms. The number of amides is 2. The van der Waals surface area contributed by atoms with Crippen molar-refractivity contribution in [2.24, 2.45) is 0 Å². The maximum atomic E-state index is 12.3. The molecule has 2 aromatic rings. The number of carbonyl (C=O) groups is 2. The molecule has 0 aliphatic carbocycles. The van der Waals surface area contributed by atoms with E-state index in [9.17, 15) is 9.59 Å². The topological polar surface area (TPSA) is 49.4 Å². The largest absolute Gasteiger partial charge is 0.353 e. The van der Waals surface area contributed by atoms with Crippen molar-refractivity contribution in [2.45, 2.75) is 12.3 Å². The Balaban J connectivity index is 1.75. The van der Waals surface area contributed by atoms with Crippen molar-refractivity contribution in [1.82, 2.24) is 10.2 Å². The molecule has 0 saturated carbocycles. The van der Waals surface area contributed by atoms with E-state index < -0.39 is 0 Å². The number of thioether (sulfide) groups is 1. The third-order valence-electron chi connectivity index (χ3n) is 4.64. The van der Waals surface area contributed by atoms with E-state index in [0.29, 0.717) is 13.1 Å². The number of nitrogens with zero attached hydrogens (tertiary/aromatic N) is 1. The fourth-order valence-corrected chi connectivity index (χ4v) is 3.88. The second-order valence-electron chi connectivity index (χ2n) is 6.38. The van der Waals surface area contributed by atoms with Gasteiger partial charge in [-0.05, 0) is 18.1 Å². The van der Waals surface area contributed by atoms with Gasteiger partial charge in [0.05, 0.1) is 0 Å². The molecule has 1 aliphatic rings. The molecule has 0 radical (unpaired) electrons. The first-order valence-electron chi connectivity index (χ1n) is 8.39. The Labute approximate surface area is 152 Å². The summed E-state index contributed by atoms with van der Waals surface area (Å²) in [5, 5.41) is 3.02. The van der Waals surface area contributed by atoms with Gasteiger partial charge in [0.15, 0.2) is 0 Å². The molecule has 1 aliphatic heterocycles. The molecule has 0 spiro atoms. The summed E-state index contributed by atoms with van der Waals surface area (Å²) in [5.74, 6) is 0.645. The third kappa shape index (κ3) is 4.04. The number of hydrogen-bond donors (Lipinski definition) is 1. The molecule has 1 heterocycles. The standard InChI is InChI=1S/C20H22N2O2S/c1-20(16-8-4-2-5-9-16,17-10-6-3-7-11-17)15-21-18(23)14-22-12-13-25-19(22)24/h2-11H,12-15H2,1H3,(H,21,23). The van der Waals surface area contributed by atoms with E-state index in [-0.39, 0.29) is 23.1 Å². The first kappa shape index (κ1) is 17.5. The number of carbonyl (C=O) groups excluding carboxylic acids is 2. The van der Waals surface area contributed by atoms with Crippen molar-refractivity contribution in [2.75, 3.05) is 25.4 Å². The Bertz CT molecular complexity index is 694. The fourth-order valence-electron chi connectivity index (χ4n) is 3.06. The first-order valence-corrected chi connectivity index (χ1v) is 9.37. The average molecular weight is 354 g/mol. The molecule has 5 heteroatoms. The highest BCUT2D eigenvalue weighted by Crippen LogP contribution is 2.31. The summed E-state index contributed by atoms with van der Waals surface area (Å²) in [7, 11) is 0. The molecule has 3 rings (SSSR count). The molecular weight excluding hydrogens is 332 g/mol. The molecule has 2 aromatic carbocycles. The highest BCUT2D eigenvalue weighted by molar-refractivity contribution is 8.13. The predicted octanol–water partition coefficient (Wildman–Crippen LogP) is 3.28. The highest BCUT2D eigenvalue weighted by Gasteiger charge is 2.30. The Kier molecular flexibility index (Phi) is 5.43. The van der Waals surface area contributed by atoms with Gasteiger partial charge in [0.2, 0.25) is 5.91 Å². The minimum atomic E-state index is -0.331. The second kappa shape index (κ2) is 7.74. The predicted molar refractivity (Wildman–Crippen MR) is 102 cm³/mol. The van der Waals surface area contributed by atoms with Crippen molar-refractivity contribution < 1.29 is 9.59 Å². The van der Waals surface area contributed by atoms with Crippen LogP contribution in [0.4, 0.5) is 4.79 Å². The van der Waals surface area contributed by atoms with E-state index in [0.717, 1.165) is 16.9 Å². The Morgan fingerprint density at radius 2 is 1.64 bits per heavy atom. The van der Waals surface area contributed by atoms with Crippen LogP contribution < -0.4 is 5.32 Å². The van der Waals surface area contributed by atoms with E-state index in [1.165, 1.54) is 11.8 Å². The quantitative estimate of drug-likeness (QED) is 0.866. The lowest BCUT2D eigenvalue weighted by Crippen LogP contribution is -2.44. The van der Waals surface area contributed by atoms with Gasteiger partial charge in [0.25, 0.3) is 5.24 Å². The third-order valence-corrected chi connectivity index (χ3v) is 5.53. The van der Waals surface area contributed by atoms with Gasteiger partial charge in [0, 0.05) is 24.3 Å². The van der Waals surface area contributed by atoms with Crippen LogP contribution >= 0.6 is 11.8 Å². The normalized spacial score (nSPS) is 14.6. The van der Waals surface area contributed by atoms with Gasteiger partial charge in [-0.1, -0.05) is 72.4 Å². The number of nitrogens with one attached hydrogen (secondary N) is 1. The van der Waals surface area contributed by atoms with E-state index in [1.54, 1.807) is 4.90 Å². The molecule has 0 unspecified atom stereocenters. The minimum absolute atomic E-state index is 0.0102. The molecule has 1 N–H and O–H groups in total. The summed E-state index contributed by atoms with van der Waals surface area (Å²) in [6.07, 6.45) is 0. The van der Waals surface area contributed by atoms with Crippen molar-refractivity contribution in [3.63, 3.8) is 0 Å². The van der Waals surface area contributed by atoms with Gasteiger partial charge in [-0.15, -0.1) is 0 Å². The van der Waals surface area contributed by atoms with Crippen molar-refractivity contribution >= 4 is 22.9 Å². The molecule has 1 saturated heterocycles. The minimum Gasteiger partial charge on any atom is -0.353 e. The summed E-state index contributed by atoms with van der Waals surface area (Å²) in [5.41, 5.74) is 1.96. The zero-order valence-electron chi connectivity index (χ0n) is 14.3. The number of hydrogen-bond acceptors (Lipinski definition) is 3. The van der Waals surface area contributed by atoms with E-state index in [1.807, 2.05) is 36.4 Å². The maximum absolute atomic E-state index is 12.3. The van der Waals surface area contributed by atoms with E-state index in [4.69, 9.17) is 0 Å². The molecular formula is C20H22N2O2S. The second-order valence-corrected chi connectivity index (χ2v) is 7.42. The van der Waals surface area contributed by atoms with Crippen LogP contribution in [0.5, 0.6) is 0 Å². The van der Waals surface area contributed by atoms with E-state index in [2.05, 4.69) is 36.5 Å². The maximum Gasteiger partial charge on any atom is 0.282 e. The Hall–Kier alpha value is -2.27.